The van der Waals surface area contributed by atoms with E-state index in [4.69, 9.17) is 19.9 Å². The smallest absolute Gasteiger partial charge is 0.170 e. The van der Waals surface area contributed by atoms with Gasteiger partial charge in [-0.25, -0.2) is 0 Å². The van der Waals surface area contributed by atoms with Crippen LogP contribution in [0, 0.1) is 0 Å². The van der Waals surface area contributed by atoms with Crippen LogP contribution in [0.3, 0.4) is 0 Å². The molecule has 5 nitrogen and oxygen atoms in total. The van der Waals surface area contributed by atoms with Crippen molar-refractivity contribution in [3.05, 3.63) is 29.8 Å². The zero-order chi connectivity index (χ0) is 14.7. The van der Waals surface area contributed by atoms with Crippen molar-refractivity contribution >= 4 is 0 Å². The Morgan fingerprint density at radius 2 is 2.00 bits per heavy atom. The number of hydrogen-bond acceptors (Lipinski definition) is 5. The number of ether oxygens (including phenoxy) is 3. The van der Waals surface area contributed by atoms with Crippen molar-refractivity contribution in [2.75, 3.05) is 20.3 Å². The third kappa shape index (κ3) is 3.37. The van der Waals surface area contributed by atoms with Crippen LogP contribution in [0.25, 0.3) is 0 Å². The molecule has 3 N–H and O–H groups in total. The van der Waals surface area contributed by atoms with Crippen LogP contribution in [0.15, 0.2) is 24.3 Å². The molecule has 1 aliphatic carbocycles. The standard InChI is InChI=1S/C16H24N2O3/c1-19-13-4-2-12(3-5-13)11-18-15-6-7-16(10-14(15)17)20-8-9-21-16/h2-5,14-15,18H,6-11,17H2,1H3/t14-,15-/m0/s1. The van der Waals surface area contributed by atoms with Crippen LogP contribution in [0.2, 0.25) is 0 Å². The minimum atomic E-state index is -0.405. The first-order valence-electron chi connectivity index (χ1n) is 7.61. The first-order valence-corrected chi connectivity index (χ1v) is 7.61. The van der Waals surface area contributed by atoms with E-state index in [1.54, 1.807) is 7.11 Å². The maximum atomic E-state index is 6.30. The normalized spacial score (nSPS) is 27.9. The number of nitrogens with two attached hydrogens (primary N) is 1. The summed E-state index contributed by atoms with van der Waals surface area (Å²) >= 11 is 0. The third-order valence-electron chi connectivity index (χ3n) is 4.44. The molecule has 1 aromatic rings. The van der Waals surface area contributed by atoms with Crippen molar-refractivity contribution in [3.63, 3.8) is 0 Å². The highest BCUT2D eigenvalue weighted by Gasteiger charge is 2.43. The molecular weight excluding hydrogens is 268 g/mol. The van der Waals surface area contributed by atoms with Gasteiger partial charge in [-0.3, -0.25) is 0 Å². The average Bonchev–Trinajstić information content (AvgIpc) is 2.95. The highest BCUT2D eigenvalue weighted by molar-refractivity contribution is 5.27. The maximum absolute atomic E-state index is 6.30. The SMILES string of the molecule is COc1ccc(CN[C@H]2CCC3(C[C@@H]2N)OCCO3)cc1. The van der Waals surface area contributed by atoms with Gasteiger partial charge in [-0.1, -0.05) is 12.1 Å². The lowest BCUT2D eigenvalue weighted by molar-refractivity contribution is -0.183. The fourth-order valence-electron chi connectivity index (χ4n) is 3.20. The zero-order valence-corrected chi connectivity index (χ0v) is 12.5. The quantitative estimate of drug-likeness (QED) is 0.878. The summed E-state index contributed by atoms with van der Waals surface area (Å²) in [5.74, 6) is 0.475. The summed E-state index contributed by atoms with van der Waals surface area (Å²) in [4.78, 5) is 0. The number of nitrogens with one attached hydrogen (secondary N) is 1. The second kappa shape index (κ2) is 6.32. The molecule has 0 bridgehead atoms. The largest absolute Gasteiger partial charge is 0.497 e. The third-order valence-corrected chi connectivity index (χ3v) is 4.44. The topological polar surface area (TPSA) is 65.7 Å². The van der Waals surface area contributed by atoms with E-state index >= 15 is 0 Å². The Morgan fingerprint density at radius 3 is 2.62 bits per heavy atom. The van der Waals surface area contributed by atoms with E-state index in [-0.39, 0.29) is 6.04 Å². The molecule has 1 spiro atoms. The van der Waals surface area contributed by atoms with Gasteiger partial charge in [0, 0.05) is 31.5 Å². The van der Waals surface area contributed by atoms with Gasteiger partial charge in [0.2, 0.25) is 0 Å². The van der Waals surface area contributed by atoms with Crippen LogP contribution in [0.1, 0.15) is 24.8 Å². The molecule has 1 saturated heterocycles. The summed E-state index contributed by atoms with van der Waals surface area (Å²) in [7, 11) is 1.68. The van der Waals surface area contributed by atoms with E-state index in [0.29, 0.717) is 19.3 Å². The Bertz CT molecular complexity index is 457. The molecule has 3 rings (SSSR count). The van der Waals surface area contributed by atoms with Gasteiger partial charge in [0.25, 0.3) is 0 Å². The van der Waals surface area contributed by atoms with Gasteiger partial charge in [-0.05, 0) is 24.1 Å². The Kier molecular flexibility index (Phi) is 4.45. The zero-order valence-electron chi connectivity index (χ0n) is 12.5. The Morgan fingerprint density at radius 1 is 1.29 bits per heavy atom. The second-order valence-corrected chi connectivity index (χ2v) is 5.85. The van der Waals surface area contributed by atoms with E-state index in [0.717, 1.165) is 31.6 Å². The van der Waals surface area contributed by atoms with E-state index < -0.39 is 5.79 Å². The summed E-state index contributed by atoms with van der Waals surface area (Å²) < 4.78 is 16.7. The lowest BCUT2D eigenvalue weighted by Gasteiger charge is -2.39. The van der Waals surface area contributed by atoms with Crippen LogP contribution in [-0.4, -0.2) is 38.2 Å². The van der Waals surface area contributed by atoms with Crippen LogP contribution in [0.4, 0.5) is 0 Å². The van der Waals surface area contributed by atoms with Crippen molar-refractivity contribution in [1.29, 1.82) is 0 Å². The van der Waals surface area contributed by atoms with Crippen molar-refractivity contribution < 1.29 is 14.2 Å². The van der Waals surface area contributed by atoms with E-state index in [1.165, 1.54) is 5.56 Å². The second-order valence-electron chi connectivity index (χ2n) is 5.85. The summed E-state index contributed by atoms with van der Waals surface area (Å²) in [5, 5.41) is 3.55. The summed E-state index contributed by atoms with van der Waals surface area (Å²) in [6.07, 6.45) is 2.67. The fraction of sp³-hybridized carbons (Fsp3) is 0.625. The van der Waals surface area contributed by atoms with Crippen molar-refractivity contribution in [2.24, 2.45) is 5.73 Å². The van der Waals surface area contributed by atoms with E-state index in [9.17, 15) is 0 Å². The number of benzene rings is 1. The summed E-state index contributed by atoms with van der Waals surface area (Å²) in [6.45, 7) is 2.20. The maximum Gasteiger partial charge on any atom is 0.170 e. The van der Waals surface area contributed by atoms with Gasteiger partial charge in [-0.2, -0.15) is 0 Å². The molecule has 0 aromatic heterocycles. The lowest BCUT2D eigenvalue weighted by Crippen LogP contribution is -2.54. The van der Waals surface area contributed by atoms with Gasteiger partial charge in [0.15, 0.2) is 5.79 Å². The van der Waals surface area contributed by atoms with Crippen LogP contribution in [-0.2, 0) is 16.0 Å². The predicted molar refractivity (Wildman–Crippen MR) is 80.1 cm³/mol. The first kappa shape index (κ1) is 14.8. The van der Waals surface area contributed by atoms with Crippen molar-refractivity contribution in [3.8, 4) is 5.75 Å². The van der Waals surface area contributed by atoms with E-state index in [1.807, 2.05) is 12.1 Å². The number of rotatable bonds is 4. The molecule has 0 radical (unpaired) electrons. The highest BCUT2D eigenvalue weighted by atomic mass is 16.7. The average molecular weight is 292 g/mol. The molecule has 21 heavy (non-hydrogen) atoms. The van der Waals surface area contributed by atoms with Crippen LogP contribution >= 0.6 is 0 Å². The molecule has 1 aliphatic heterocycles. The van der Waals surface area contributed by atoms with Gasteiger partial charge in [0.1, 0.15) is 5.75 Å². The van der Waals surface area contributed by atoms with Crippen LogP contribution < -0.4 is 15.8 Å². The van der Waals surface area contributed by atoms with Gasteiger partial charge >= 0.3 is 0 Å². The fourth-order valence-corrected chi connectivity index (χ4v) is 3.20. The molecule has 1 heterocycles. The van der Waals surface area contributed by atoms with Crippen molar-refractivity contribution in [2.45, 2.75) is 43.7 Å². The van der Waals surface area contributed by atoms with Crippen LogP contribution in [0.5, 0.6) is 5.75 Å². The molecule has 1 aromatic carbocycles. The summed E-state index contributed by atoms with van der Waals surface area (Å²) in [6, 6.07) is 8.48. The molecule has 0 unspecified atom stereocenters. The number of hydrogen-bond donors (Lipinski definition) is 2. The van der Waals surface area contributed by atoms with Gasteiger partial charge < -0.3 is 25.3 Å². The molecule has 0 amide bonds. The molecule has 1 saturated carbocycles. The van der Waals surface area contributed by atoms with E-state index in [2.05, 4.69) is 17.4 Å². The predicted octanol–water partition coefficient (Wildman–Crippen LogP) is 1.41. The highest BCUT2D eigenvalue weighted by Crippen LogP contribution is 2.35. The number of methoxy groups -OCH3 is 1. The monoisotopic (exact) mass is 292 g/mol. The summed E-state index contributed by atoms with van der Waals surface area (Å²) in [5.41, 5.74) is 7.53. The lowest BCUT2D eigenvalue weighted by atomic mass is 9.86. The van der Waals surface area contributed by atoms with Gasteiger partial charge in [-0.15, -0.1) is 0 Å². The molecule has 116 valence electrons. The molecule has 2 atom stereocenters. The Balaban J connectivity index is 1.51. The molecule has 5 heteroatoms. The Labute approximate surface area is 125 Å². The molecular formula is C16H24N2O3. The minimum absolute atomic E-state index is 0.0649. The first-order chi connectivity index (χ1) is 10.2. The van der Waals surface area contributed by atoms with Gasteiger partial charge in [0.05, 0.1) is 20.3 Å². The minimum Gasteiger partial charge on any atom is -0.497 e. The Hall–Kier alpha value is -1.14. The molecule has 2 aliphatic rings. The molecule has 2 fully saturated rings. The van der Waals surface area contributed by atoms with Crippen molar-refractivity contribution in [1.82, 2.24) is 5.32 Å².